The molecular weight excluding hydrogens is 392 g/mol. The standard InChI is InChI=1S/C18H16N8O4/c19-25-23-6-18-7-29-12(13(18)27)17(30-18)26-9-22-11-14(20-8-21-15(11)26)24-16(28)10-4-2-1-3-5-10/h1-5,8-9,12-13,17,27H,6-7H2,(H,20,21,24,28)/t12?,13?,17-,18+/m1/s1. The van der Waals surface area contributed by atoms with Crippen molar-refractivity contribution in [2.75, 3.05) is 18.5 Å². The molecule has 152 valence electrons. The lowest BCUT2D eigenvalue weighted by molar-refractivity contribution is -0.168. The summed E-state index contributed by atoms with van der Waals surface area (Å²) in [6, 6.07) is 8.74. The molecule has 2 aromatic heterocycles. The number of azide groups is 1. The van der Waals surface area contributed by atoms with Crippen LogP contribution >= 0.6 is 0 Å². The molecule has 0 aliphatic carbocycles. The number of hydrogen-bond acceptors (Lipinski definition) is 8. The van der Waals surface area contributed by atoms with Crippen LogP contribution in [0, 0.1) is 0 Å². The maximum absolute atomic E-state index is 12.5. The minimum atomic E-state index is -1.12. The fourth-order valence-corrected chi connectivity index (χ4v) is 3.80. The van der Waals surface area contributed by atoms with Crippen molar-refractivity contribution >= 4 is 22.9 Å². The van der Waals surface area contributed by atoms with Crippen LogP contribution in [0.15, 0.2) is 48.1 Å². The number of imidazole rings is 1. The van der Waals surface area contributed by atoms with E-state index in [-0.39, 0.29) is 24.9 Å². The zero-order valence-electron chi connectivity index (χ0n) is 15.5. The largest absolute Gasteiger partial charge is 0.387 e. The van der Waals surface area contributed by atoms with Crippen molar-refractivity contribution in [3.63, 3.8) is 0 Å². The lowest BCUT2D eigenvalue weighted by atomic mass is 10.00. The molecule has 2 bridgehead atoms. The first kappa shape index (κ1) is 18.5. The molecule has 2 aliphatic rings. The van der Waals surface area contributed by atoms with Crippen LogP contribution in [0.2, 0.25) is 0 Å². The van der Waals surface area contributed by atoms with Gasteiger partial charge < -0.3 is 19.9 Å². The minimum absolute atomic E-state index is 0.0579. The number of nitrogens with zero attached hydrogens (tertiary/aromatic N) is 7. The van der Waals surface area contributed by atoms with Crippen LogP contribution < -0.4 is 5.32 Å². The highest BCUT2D eigenvalue weighted by atomic mass is 16.6. The number of aliphatic hydroxyl groups excluding tert-OH is 1. The van der Waals surface area contributed by atoms with Gasteiger partial charge in [-0.2, -0.15) is 0 Å². The molecule has 2 unspecified atom stereocenters. The first-order valence-corrected chi connectivity index (χ1v) is 9.15. The number of carbonyl (C=O) groups is 1. The van der Waals surface area contributed by atoms with E-state index in [9.17, 15) is 9.90 Å². The van der Waals surface area contributed by atoms with E-state index < -0.39 is 24.0 Å². The van der Waals surface area contributed by atoms with Crippen LogP contribution in [0.3, 0.4) is 0 Å². The summed E-state index contributed by atoms with van der Waals surface area (Å²) in [5.41, 5.74) is 8.76. The minimum Gasteiger partial charge on any atom is -0.387 e. The Morgan fingerprint density at radius 2 is 2.20 bits per heavy atom. The molecule has 1 aromatic carbocycles. The van der Waals surface area contributed by atoms with Gasteiger partial charge in [0.1, 0.15) is 24.1 Å². The van der Waals surface area contributed by atoms with Gasteiger partial charge in [0.05, 0.1) is 19.5 Å². The van der Waals surface area contributed by atoms with Gasteiger partial charge in [-0.05, 0) is 17.7 Å². The van der Waals surface area contributed by atoms with Crippen LogP contribution in [0.5, 0.6) is 0 Å². The van der Waals surface area contributed by atoms with Crippen LogP contribution in [0.4, 0.5) is 5.82 Å². The fraction of sp³-hybridized carbons (Fsp3) is 0.333. The molecule has 0 spiro atoms. The maximum Gasteiger partial charge on any atom is 0.256 e. The molecule has 0 radical (unpaired) electrons. The Morgan fingerprint density at radius 3 is 3.00 bits per heavy atom. The number of benzene rings is 1. The SMILES string of the molecule is [N-]=[N+]=NC[C@]12COC(C1O)[C@H](n1cnc3c(NC(=O)c4ccccc4)ncnc31)O2. The highest BCUT2D eigenvalue weighted by Crippen LogP contribution is 2.45. The molecule has 1 amide bonds. The monoisotopic (exact) mass is 408 g/mol. The van der Waals surface area contributed by atoms with E-state index >= 15 is 0 Å². The second kappa shape index (κ2) is 7.04. The predicted octanol–water partition coefficient (Wildman–Crippen LogP) is 1.42. The van der Waals surface area contributed by atoms with Gasteiger partial charge in [-0.1, -0.05) is 23.3 Å². The van der Waals surface area contributed by atoms with Crippen molar-refractivity contribution in [2.24, 2.45) is 5.11 Å². The molecule has 30 heavy (non-hydrogen) atoms. The van der Waals surface area contributed by atoms with E-state index in [0.29, 0.717) is 16.7 Å². The van der Waals surface area contributed by atoms with Gasteiger partial charge in [0.2, 0.25) is 0 Å². The summed E-state index contributed by atoms with van der Waals surface area (Å²) in [6.45, 7) is 0.0615. The summed E-state index contributed by atoms with van der Waals surface area (Å²) in [6.07, 6.45) is 0.431. The number of rotatable bonds is 5. The van der Waals surface area contributed by atoms with E-state index in [4.69, 9.17) is 15.0 Å². The van der Waals surface area contributed by atoms with Gasteiger partial charge in [0.25, 0.3) is 5.91 Å². The first-order chi connectivity index (χ1) is 14.6. The number of aromatic nitrogens is 4. The highest BCUT2D eigenvalue weighted by molar-refractivity contribution is 6.06. The van der Waals surface area contributed by atoms with Crippen LogP contribution in [-0.4, -0.2) is 61.5 Å². The Labute approximate surface area is 169 Å². The molecule has 12 nitrogen and oxygen atoms in total. The van der Waals surface area contributed by atoms with Crippen molar-refractivity contribution in [3.8, 4) is 0 Å². The van der Waals surface area contributed by atoms with E-state index in [2.05, 4.69) is 30.3 Å². The number of hydrogen-bond donors (Lipinski definition) is 2. The summed E-state index contributed by atoms with van der Waals surface area (Å²) in [7, 11) is 0. The number of ether oxygens (including phenoxy) is 2. The highest BCUT2D eigenvalue weighted by Gasteiger charge is 2.61. The number of amides is 1. The van der Waals surface area contributed by atoms with Crippen molar-refractivity contribution in [1.29, 1.82) is 0 Å². The van der Waals surface area contributed by atoms with Gasteiger partial charge in [0.15, 0.2) is 23.2 Å². The predicted molar refractivity (Wildman–Crippen MR) is 102 cm³/mol. The van der Waals surface area contributed by atoms with Gasteiger partial charge in [-0.3, -0.25) is 9.36 Å². The molecule has 2 fully saturated rings. The Kier molecular flexibility index (Phi) is 4.33. The lowest BCUT2D eigenvalue weighted by Crippen LogP contribution is -2.43. The number of fused-ring (bicyclic) bond motifs is 3. The smallest absolute Gasteiger partial charge is 0.256 e. The van der Waals surface area contributed by atoms with Crippen molar-refractivity contribution in [3.05, 3.63) is 59.0 Å². The Hall–Kier alpha value is -3.57. The number of anilines is 1. The summed E-state index contributed by atoms with van der Waals surface area (Å²) >= 11 is 0. The van der Waals surface area contributed by atoms with E-state index in [1.807, 2.05) is 6.07 Å². The average molecular weight is 408 g/mol. The van der Waals surface area contributed by atoms with Gasteiger partial charge in [-0.25, -0.2) is 15.0 Å². The molecule has 2 saturated heterocycles. The van der Waals surface area contributed by atoms with E-state index in [1.165, 1.54) is 12.7 Å². The average Bonchev–Trinajstić information content (AvgIpc) is 3.43. The topological polar surface area (TPSA) is 160 Å². The van der Waals surface area contributed by atoms with Crippen LogP contribution in [0.1, 0.15) is 16.6 Å². The molecule has 2 aliphatic heterocycles. The molecular formula is C18H16N8O4. The van der Waals surface area contributed by atoms with Gasteiger partial charge >= 0.3 is 0 Å². The van der Waals surface area contributed by atoms with Gasteiger partial charge in [-0.15, -0.1) is 0 Å². The third-order valence-corrected chi connectivity index (χ3v) is 5.31. The first-order valence-electron chi connectivity index (χ1n) is 9.15. The third-order valence-electron chi connectivity index (χ3n) is 5.31. The maximum atomic E-state index is 12.5. The molecule has 5 rings (SSSR count). The van der Waals surface area contributed by atoms with Crippen LogP contribution in [-0.2, 0) is 9.47 Å². The van der Waals surface area contributed by atoms with Gasteiger partial charge in [0, 0.05) is 10.5 Å². The number of carbonyl (C=O) groups excluding carboxylic acids is 1. The molecule has 4 heterocycles. The summed E-state index contributed by atoms with van der Waals surface area (Å²) in [4.78, 5) is 28.0. The normalized spacial score (nSPS) is 27.2. The number of nitrogens with one attached hydrogen (secondary N) is 1. The third kappa shape index (κ3) is 2.78. The molecule has 4 atom stereocenters. The second-order valence-electron chi connectivity index (χ2n) is 7.05. The quantitative estimate of drug-likeness (QED) is 0.366. The summed E-state index contributed by atoms with van der Waals surface area (Å²) in [5.74, 6) is -0.0746. The summed E-state index contributed by atoms with van der Waals surface area (Å²) < 4.78 is 13.3. The van der Waals surface area contributed by atoms with E-state index in [1.54, 1.807) is 28.8 Å². The van der Waals surface area contributed by atoms with Crippen LogP contribution in [0.25, 0.3) is 21.6 Å². The van der Waals surface area contributed by atoms with Crippen molar-refractivity contribution in [1.82, 2.24) is 19.5 Å². The zero-order valence-corrected chi connectivity index (χ0v) is 15.5. The molecule has 2 N–H and O–H groups in total. The molecule has 0 saturated carbocycles. The number of aliphatic hydroxyl groups is 1. The summed E-state index contributed by atoms with van der Waals surface area (Å²) in [5, 5.41) is 16.9. The van der Waals surface area contributed by atoms with Crippen molar-refractivity contribution in [2.45, 2.75) is 24.0 Å². The van der Waals surface area contributed by atoms with E-state index in [0.717, 1.165) is 0 Å². The molecule has 12 heteroatoms. The Balaban J connectivity index is 1.46. The second-order valence-corrected chi connectivity index (χ2v) is 7.05. The lowest BCUT2D eigenvalue weighted by Gasteiger charge is -2.29. The molecule has 3 aromatic rings. The van der Waals surface area contributed by atoms with Crippen molar-refractivity contribution < 1.29 is 19.4 Å². The Bertz CT molecular complexity index is 1160. The Morgan fingerprint density at radius 1 is 1.37 bits per heavy atom. The fourth-order valence-electron chi connectivity index (χ4n) is 3.80. The zero-order chi connectivity index (χ0) is 20.7.